The van der Waals surface area contributed by atoms with E-state index in [1.165, 1.54) is 0 Å². The number of hydrogen-bond donors (Lipinski definition) is 2. The number of alkyl halides is 3. The molecule has 2 aromatic rings. The molecule has 0 unspecified atom stereocenters. The molecule has 0 bridgehead atoms. The monoisotopic (exact) mass is 466 g/mol. The Morgan fingerprint density at radius 3 is 2.55 bits per heavy atom. The number of H-pyrrole nitrogens is 1. The summed E-state index contributed by atoms with van der Waals surface area (Å²) in [4.78, 5) is 47.9. The lowest BCUT2D eigenvalue weighted by molar-refractivity contribution is -0.385. The third-order valence-electron chi connectivity index (χ3n) is 4.66. The molecule has 13 heteroatoms. The van der Waals surface area contributed by atoms with E-state index in [9.17, 15) is 37.7 Å². The predicted molar refractivity (Wildman–Crippen MR) is 107 cm³/mol. The van der Waals surface area contributed by atoms with Crippen molar-refractivity contribution in [2.75, 3.05) is 11.9 Å². The van der Waals surface area contributed by atoms with Gasteiger partial charge in [-0.05, 0) is 37.5 Å². The number of benzene rings is 1. The summed E-state index contributed by atoms with van der Waals surface area (Å²) >= 11 is 0. The van der Waals surface area contributed by atoms with Gasteiger partial charge >= 0.3 is 12.1 Å². The topological polar surface area (TPSA) is 155 Å². The van der Waals surface area contributed by atoms with Gasteiger partial charge in [0, 0.05) is 24.2 Å². The van der Waals surface area contributed by atoms with Gasteiger partial charge in [-0.15, -0.1) is 0 Å². The van der Waals surface area contributed by atoms with Crippen LogP contribution in [0.1, 0.15) is 34.4 Å². The number of anilines is 1. The number of hydrogen-bond acceptors (Lipinski definition) is 7. The fourth-order valence-corrected chi connectivity index (χ4v) is 3.04. The van der Waals surface area contributed by atoms with Gasteiger partial charge in [0.25, 0.3) is 17.2 Å². The highest BCUT2D eigenvalue weighted by molar-refractivity contribution is 5.93. The Kier molecular flexibility index (Phi) is 7.55. The number of aromatic nitrogens is 1. The van der Waals surface area contributed by atoms with E-state index in [0.717, 1.165) is 12.1 Å². The predicted octanol–water partition coefficient (Wildman–Crippen LogP) is 2.90. The number of nitro benzene ring substituents is 1. The minimum atomic E-state index is -4.97. The first-order valence-electron chi connectivity index (χ1n) is 9.28. The van der Waals surface area contributed by atoms with Crippen molar-refractivity contribution in [2.24, 2.45) is 0 Å². The molecular formula is C20H17F3N4O6. The van der Waals surface area contributed by atoms with Crippen molar-refractivity contribution in [1.82, 2.24) is 4.98 Å². The largest absolute Gasteiger partial charge is 0.456 e. The third kappa shape index (κ3) is 6.16. The van der Waals surface area contributed by atoms with Crippen molar-refractivity contribution in [3.63, 3.8) is 0 Å². The van der Waals surface area contributed by atoms with E-state index < -0.39 is 52.1 Å². The molecule has 174 valence electrons. The van der Waals surface area contributed by atoms with Crippen molar-refractivity contribution in [2.45, 2.75) is 32.9 Å². The Morgan fingerprint density at radius 1 is 1.30 bits per heavy atom. The summed E-state index contributed by atoms with van der Waals surface area (Å²) in [5, 5.41) is 21.7. The van der Waals surface area contributed by atoms with Crippen LogP contribution in [0.15, 0.2) is 23.0 Å². The van der Waals surface area contributed by atoms with Crippen molar-refractivity contribution < 1.29 is 32.4 Å². The summed E-state index contributed by atoms with van der Waals surface area (Å²) < 4.78 is 44.2. The Balaban J connectivity index is 2.01. The maximum absolute atomic E-state index is 13.2. The Labute approximate surface area is 184 Å². The molecule has 33 heavy (non-hydrogen) atoms. The Bertz CT molecular complexity index is 1210. The van der Waals surface area contributed by atoms with Crippen molar-refractivity contribution in [1.29, 1.82) is 5.26 Å². The van der Waals surface area contributed by atoms with Crippen LogP contribution < -0.4 is 10.9 Å². The van der Waals surface area contributed by atoms with Crippen LogP contribution in [-0.4, -0.2) is 28.4 Å². The number of carbonyl (C=O) groups excluding carboxylic acids is 2. The first-order chi connectivity index (χ1) is 15.3. The SMILES string of the molecule is Cc1[nH]c(=O)c(C#N)c(C)c1CCC(=O)OCC(=O)Nc1ccc([N+](=O)[O-])cc1C(F)(F)F. The lowest BCUT2D eigenvalue weighted by Gasteiger charge is -2.14. The quantitative estimate of drug-likeness (QED) is 0.361. The van der Waals surface area contributed by atoms with Crippen molar-refractivity contribution >= 4 is 23.3 Å². The van der Waals surface area contributed by atoms with Crippen LogP contribution in [0.3, 0.4) is 0 Å². The van der Waals surface area contributed by atoms with E-state index in [4.69, 9.17) is 10.00 Å². The number of aromatic amines is 1. The molecule has 0 spiro atoms. The van der Waals surface area contributed by atoms with Gasteiger partial charge in [0.1, 0.15) is 11.6 Å². The molecule has 1 aromatic heterocycles. The normalized spacial score (nSPS) is 10.9. The molecule has 0 atom stereocenters. The van der Waals surface area contributed by atoms with Crippen LogP contribution >= 0.6 is 0 Å². The minimum absolute atomic E-state index is 0.0875. The number of nitrogens with zero attached hydrogens (tertiary/aromatic N) is 2. The summed E-state index contributed by atoms with van der Waals surface area (Å²) in [7, 11) is 0. The van der Waals surface area contributed by atoms with Gasteiger partial charge in [0.15, 0.2) is 6.61 Å². The van der Waals surface area contributed by atoms with E-state index in [0.29, 0.717) is 16.8 Å². The van der Waals surface area contributed by atoms with Gasteiger partial charge in [0.2, 0.25) is 0 Å². The highest BCUT2D eigenvalue weighted by atomic mass is 19.4. The average Bonchev–Trinajstić information content (AvgIpc) is 2.71. The second-order valence-corrected chi connectivity index (χ2v) is 6.86. The number of rotatable bonds is 7. The highest BCUT2D eigenvalue weighted by Crippen LogP contribution is 2.37. The zero-order valence-corrected chi connectivity index (χ0v) is 17.3. The number of pyridine rings is 1. The van der Waals surface area contributed by atoms with Crippen molar-refractivity contribution in [3.8, 4) is 6.07 Å². The van der Waals surface area contributed by atoms with Crippen LogP contribution in [0.5, 0.6) is 0 Å². The molecule has 2 N–H and O–H groups in total. The maximum atomic E-state index is 13.2. The maximum Gasteiger partial charge on any atom is 0.418 e. The zero-order chi connectivity index (χ0) is 24.9. The molecule has 1 heterocycles. The molecule has 0 aliphatic carbocycles. The van der Waals surface area contributed by atoms with E-state index in [2.05, 4.69) is 4.98 Å². The number of nitro groups is 1. The van der Waals surface area contributed by atoms with Crippen LogP contribution in [0.2, 0.25) is 0 Å². The first-order valence-corrected chi connectivity index (χ1v) is 9.28. The van der Waals surface area contributed by atoms with Crippen LogP contribution in [0.4, 0.5) is 24.5 Å². The number of aryl methyl sites for hydroxylation is 1. The van der Waals surface area contributed by atoms with E-state index in [1.807, 2.05) is 5.32 Å². The van der Waals surface area contributed by atoms with Crippen molar-refractivity contribution in [3.05, 3.63) is 66.6 Å². The molecule has 0 radical (unpaired) electrons. The highest BCUT2D eigenvalue weighted by Gasteiger charge is 2.35. The minimum Gasteiger partial charge on any atom is -0.456 e. The fraction of sp³-hybridized carbons (Fsp3) is 0.300. The summed E-state index contributed by atoms with van der Waals surface area (Å²) in [6, 6.07) is 3.58. The standard InChI is InChI=1S/C20H17F3N4O6/c1-10-13(11(2)25-19(30)14(10)8-24)4-6-18(29)33-9-17(28)26-16-5-3-12(27(31)32)7-15(16)20(21,22)23/h3,5,7H,4,6,9H2,1-2H3,(H,25,30)(H,26,28). The lowest BCUT2D eigenvalue weighted by atomic mass is 9.99. The Morgan fingerprint density at radius 2 is 1.97 bits per heavy atom. The number of nitrogens with one attached hydrogen (secondary N) is 2. The van der Waals surface area contributed by atoms with Gasteiger partial charge in [-0.2, -0.15) is 18.4 Å². The fourth-order valence-electron chi connectivity index (χ4n) is 3.04. The molecule has 0 aliphatic rings. The summed E-state index contributed by atoms with van der Waals surface area (Å²) in [5.41, 5.74) is -2.19. The summed E-state index contributed by atoms with van der Waals surface area (Å²) in [6.45, 7) is 2.25. The summed E-state index contributed by atoms with van der Waals surface area (Å²) in [6.07, 6.45) is -5.11. The number of halogens is 3. The number of esters is 1. The van der Waals surface area contributed by atoms with Gasteiger partial charge in [-0.25, -0.2) is 0 Å². The Hall–Kier alpha value is -4.21. The lowest BCUT2D eigenvalue weighted by Crippen LogP contribution is -2.23. The second-order valence-electron chi connectivity index (χ2n) is 6.86. The number of carbonyl (C=O) groups is 2. The molecule has 10 nitrogen and oxygen atoms in total. The molecule has 2 rings (SSSR count). The number of amides is 1. The van der Waals surface area contributed by atoms with E-state index >= 15 is 0 Å². The van der Waals surface area contributed by atoms with Gasteiger partial charge < -0.3 is 15.0 Å². The molecule has 1 aromatic carbocycles. The number of nitriles is 1. The van der Waals surface area contributed by atoms with Crippen LogP contribution in [0.25, 0.3) is 0 Å². The molecule has 0 saturated heterocycles. The molecule has 0 fully saturated rings. The number of non-ortho nitro benzene ring substituents is 1. The average molecular weight is 466 g/mol. The van der Waals surface area contributed by atoms with Gasteiger partial charge in [0.05, 0.1) is 16.2 Å². The second kappa shape index (κ2) is 9.94. The van der Waals surface area contributed by atoms with Crippen LogP contribution in [-0.2, 0) is 26.9 Å². The smallest absolute Gasteiger partial charge is 0.418 e. The van der Waals surface area contributed by atoms with Crippen LogP contribution in [0, 0.1) is 35.3 Å². The third-order valence-corrected chi connectivity index (χ3v) is 4.66. The zero-order valence-electron chi connectivity index (χ0n) is 17.3. The summed E-state index contributed by atoms with van der Waals surface area (Å²) in [5.74, 6) is -1.92. The van der Waals surface area contributed by atoms with E-state index in [-0.39, 0.29) is 24.5 Å². The number of ether oxygens (including phenoxy) is 1. The molecule has 0 saturated carbocycles. The molecule has 0 aliphatic heterocycles. The van der Waals surface area contributed by atoms with E-state index in [1.54, 1.807) is 19.9 Å². The molecule has 1 amide bonds. The first kappa shape index (κ1) is 25.1. The van der Waals surface area contributed by atoms with Gasteiger partial charge in [-0.1, -0.05) is 0 Å². The van der Waals surface area contributed by atoms with Gasteiger partial charge in [-0.3, -0.25) is 24.5 Å². The molecular weight excluding hydrogens is 449 g/mol.